The second-order valence-corrected chi connectivity index (χ2v) is 6.47. The summed E-state index contributed by atoms with van der Waals surface area (Å²) in [5.41, 5.74) is 2.83. The number of rotatable bonds is 4. The van der Waals surface area contributed by atoms with E-state index in [9.17, 15) is 10.1 Å². The monoisotopic (exact) mass is 340 g/mol. The van der Waals surface area contributed by atoms with Gasteiger partial charge in [0.2, 0.25) is 0 Å². The first-order chi connectivity index (χ1) is 12.6. The highest BCUT2D eigenvalue weighted by Gasteiger charge is 2.11. The number of hydrogen-bond donors (Lipinski definition) is 1. The molecule has 0 fully saturated rings. The molecule has 1 N–H and O–H groups in total. The SMILES string of the molecule is CC(C)c1ccc(/C=C(\C#N)C(=O)Nc2cccc3ccccc23)cc1. The molecule has 3 aromatic carbocycles. The standard InChI is InChI=1S/C23H20N2O/c1-16(2)18-12-10-17(11-13-18)14-20(15-24)23(26)25-22-9-5-7-19-6-3-4-8-21(19)22/h3-14,16H,1-2H3,(H,25,26)/b20-14+. The lowest BCUT2D eigenvalue weighted by atomic mass is 10.0. The highest BCUT2D eigenvalue weighted by atomic mass is 16.1. The minimum Gasteiger partial charge on any atom is -0.321 e. The molecule has 0 aliphatic carbocycles. The first-order valence-corrected chi connectivity index (χ1v) is 8.59. The van der Waals surface area contributed by atoms with E-state index in [0.29, 0.717) is 11.6 Å². The quantitative estimate of drug-likeness (QED) is 0.503. The molecule has 128 valence electrons. The topological polar surface area (TPSA) is 52.9 Å². The predicted molar refractivity (Wildman–Crippen MR) is 107 cm³/mol. The van der Waals surface area contributed by atoms with Crippen LogP contribution in [0, 0.1) is 11.3 Å². The summed E-state index contributed by atoms with van der Waals surface area (Å²) in [5.74, 6) is 0.0370. The van der Waals surface area contributed by atoms with Gasteiger partial charge < -0.3 is 5.32 Å². The number of carbonyl (C=O) groups is 1. The minimum absolute atomic E-state index is 0.0789. The van der Waals surface area contributed by atoms with E-state index in [1.54, 1.807) is 6.08 Å². The van der Waals surface area contributed by atoms with Gasteiger partial charge in [0.05, 0.1) is 0 Å². The van der Waals surface area contributed by atoms with Gasteiger partial charge in [-0.25, -0.2) is 0 Å². The number of hydrogen-bond acceptors (Lipinski definition) is 2. The zero-order valence-electron chi connectivity index (χ0n) is 14.9. The molecule has 0 radical (unpaired) electrons. The molecule has 3 rings (SSSR count). The number of fused-ring (bicyclic) bond motifs is 1. The average molecular weight is 340 g/mol. The van der Waals surface area contributed by atoms with Gasteiger partial charge >= 0.3 is 0 Å². The van der Waals surface area contributed by atoms with E-state index in [1.807, 2.05) is 72.8 Å². The Kier molecular flexibility index (Phi) is 5.15. The van der Waals surface area contributed by atoms with Crippen LogP contribution in [0.25, 0.3) is 16.8 Å². The van der Waals surface area contributed by atoms with E-state index in [0.717, 1.165) is 16.3 Å². The first-order valence-electron chi connectivity index (χ1n) is 8.59. The zero-order chi connectivity index (χ0) is 18.5. The molecule has 0 saturated heterocycles. The highest BCUT2D eigenvalue weighted by Crippen LogP contribution is 2.23. The number of nitrogens with zero attached hydrogens (tertiary/aromatic N) is 1. The summed E-state index contributed by atoms with van der Waals surface area (Å²) in [6.45, 7) is 4.26. The molecule has 0 spiro atoms. The maximum absolute atomic E-state index is 12.6. The summed E-state index contributed by atoms with van der Waals surface area (Å²) in [5, 5.41) is 14.3. The normalized spacial score (nSPS) is 11.4. The van der Waals surface area contributed by atoms with Gasteiger partial charge in [-0.1, -0.05) is 74.5 Å². The third kappa shape index (κ3) is 3.81. The number of anilines is 1. The molecule has 26 heavy (non-hydrogen) atoms. The van der Waals surface area contributed by atoms with Gasteiger partial charge in [0, 0.05) is 11.1 Å². The molecule has 0 bridgehead atoms. The molecule has 3 aromatic rings. The summed E-state index contributed by atoms with van der Waals surface area (Å²) < 4.78 is 0. The number of benzene rings is 3. The maximum atomic E-state index is 12.6. The van der Waals surface area contributed by atoms with Crippen LogP contribution in [-0.2, 0) is 4.79 Å². The predicted octanol–water partition coefficient (Wildman–Crippen LogP) is 5.51. The van der Waals surface area contributed by atoms with Gasteiger partial charge in [-0.15, -0.1) is 0 Å². The Bertz CT molecular complexity index is 1000. The molecule has 3 nitrogen and oxygen atoms in total. The van der Waals surface area contributed by atoms with E-state index in [2.05, 4.69) is 19.2 Å². The maximum Gasteiger partial charge on any atom is 0.266 e. The molecule has 0 atom stereocenters. The van der Waals surface area contributed by atoms with Crippen molar-refractivity contribution in [3.8, 4) is 6.07 Å². The second kappa shape index (κ2) is 7.67. The molecule has 3 heteroatoms. The highest BCUT2D eigenvalue weighted by molar-refractivity contribution is 6.12. The minimum atomic E-state index is -0.406. The van der Waals surface area contributed by atoms with Gasteiger partial charge in [-0.05, 0) is 34.6 Å². The lowest BCUT2D eigenvalue weighted by molar-refractivity contribution is -0.112. The largest absolute Gasteiger partial charge is 0.321 e. The Labute approximate surface area is 153 Å². The lowest BCUT2D eigenvalue weighted by Gasteiger charge is -2.08. The van der Waals surface area contributed by atoms with Crippen LogP contribution in [0.2, 0.25) is 0 Å². The Morgan fingerprint density at radius 1 is 1.00 bits per heavy atom. The smallest absolute Gasteiger partial charge is 0.266 e. The molecule has 0 aliphatic heterocycles. The summed E-state index contributed by atoms with van der Waals surface area (Å²) in [6.07, 6.45) is 1.62. The van der Waals surface area contributed by atoms with E-state index in [1.165, 1.54) is 5.56 Å². The number of nitrogens with one attached hydrogen (secondary N) is 1. The van der Waals surface area contributed by atoms with Crippen LogP contribution in [0.4, 0.5) is 5.69 Å². The molecule has 0 unspecified atom stereocenters. The van der Waals surface area contributed by atoms with Crippen molar-refractivity contribution in [1.82, 2.24) is 0 Å². The fraction of sp³-hybridized carbons (Fsp3) is 0.130. The van der Waals surface area contributed by atoms with Crippen molar-refractivity contribution in [3.05, 3.63) is 83.4 Å². The van der Waals surface area contributed by atoms with Crippen LogP contribution in [0.5, 0.6) is 0 Å². The Balaban J connectivity index is 1.86. The Hall–Kier alpha value is -3.38. The zero-order valence-corrected chi connectivity index (χ0v) is 14.9. The van der Waals surface area contributed by atoms with Crippen LogP contribution in [-0.4, -0.2) is 5.91 Å². The Morgan fingerprint density at radius 2 is 1.69 bits per heavy atom. The van der Waals surface area contributed by atoms with Crippen LogP contribution < -0.4 is 5.32 Å². The van der Waals surface area contributed by atoms with Crippen LogP contribution >= 0.6 is 0 Å². The van der Waals surface area contributed by atoms with E-state index >= 15 is 0 Å². The van der Waals surface area contributed by atoms with Crippen molar-refractivity contribution in [1.29, 1.82) is 5.26 Å². The van der Waals surface area contributed by atoms with Crippen molar-refractivity contribution in [3.63, 3.8) is 0 Å². The third-order valence-electron chi connectivity index (χ3n) is 4.32. The van der Waals surface area contributed by atoms with Crippen molar-refractivity contribution in [2.24, 2.45) is 0 Å². The van der Waals surface area contributed by atoms with Crippen LogP contribution in [0.1, 0.15) is 30.9 Å². The number of amides is 1. The lowest BCUT2D eigenvalue weighted by Crippen LogP contribution is -2.13. The molecular formula is C23H20N2O. The molecule has 0 aliphatic rings. The van der Waals surface area contributed by atoms with E-state index < -0.39 is 5.91 Å². The third-order valence-corrected chi connectivity index (χ3v) is 4.32. The molecule has 1 amide bonds. The Morgan fingerprint density at radius 3 is 2.38 bits per heavy atom. The van der Waals surface area contributed by atoms with E-state index in [-0.39, 0.29) is 5.57 Å². The average Bonchev–Trinajstić information content (AvgIpc) is 2.66. The van der Waals surface area contributed by atoms with Gasteiger partial charge in [-0.3, -0.25) is 4.79 Å². The van der Waals surface area contributed by atoms with Gasteiger partial charge in [0.25, 0.3) is 5.91 Å². The van der Waals surface area contributed by atoms with Crippen LogP contribution in [0.3, 0.4) is 0 Å². The summed E-state index contributed by atoms with van der Waals surface area (Å²) in [7, 11) is 0. The van der Waals surface area contributed by atoms with Crippen molar-refractivity contribution >= 4 is 28.4 Å². The fourth-order valence-corrected chi connectivity index (χ4v) is 2.82. The first kappa shape index (κ1) is 17.4. The number of nitriles is 1. The summed E-state index contributed by atoms with van der Waals surface area (Å²) in [4.78, 5) is 12.6. The molecule has 0 saturated carbocycles. The molecular weight excluding hydrogens is 320 g/mol. The summed E-state index contributed by atoms with van der Waals surface area (Å²) in [6, 6.07) is 23.4. The van der Waals surface area contributed by atoms with Crippen molar-refractivity contribution in [2.45, 2.75) is 19.8 Å². The summed E-state index contributed by atoms with van der Waals surface area (Å²) >= 11 is 0. The number of carbonyl (C=O) groups excluding carboxylic acids is 1. The van der Waals surface area contributed by atoms with Gasteiger partial charge in [0.1, 0.15) is 11.6 Å². The van der Waals surface area contributed by atoms with Crippen molar-refractivity contribution < 1.29 is 4.79 Å². The van der Waals surface area contributed by atoms with Gasteiger partial charge in [-0.2, -0.15) is 5.26 Å². The second-order valence-electron chi connectivity index (χ2n) is 6.47. The fourth-order valence-electron chi connectivity index (χ4n) is 2.82. The van der Waals surface area contributed by atoms with E-state index in [4.69, 9.17) is 0 Å². The van der Waals surface area contributed by atoms with Crippen molar-refractivity contribution in [2.75, 3.05) is 5.32 Å². The van der Waals surface area contributed by atoms with Gasteiger partial charge in [0.15, 0.2) is 0 Å². The van der Waals surface area contributed by atoms with Crippen LogP contribution in [0.15, 0.2) is 72.3 Å². The molecule has 0 heterocycles. The molecule has 0 aromatic heterocycles.